The maximum absolute atomic E-state index is 11.4. The third kappa shape index (κ3) is 9.06. The van der Waals surface area contributed by atoms with E-state index in [-0.39, 0.29) is 0 Å². The van der Waals surface area contributed by atoms with Crippen LogP contribution in [0.1, 0.15) is 32.6 Å². The van der Waals surface area contributed by atoms with Gasteiger partial charge in [0.2, 0.25) is 5.91 Å². The average molecular weight is 300 g/mol. The minimum Gasteiger partial charge on any atom is -0.327 e. The first-order valence-electron chi connectivity index (χ1n) is 8.05. The third-order valence-electron chi connectivity index (χ3n) is 3.64. The van der Waals surface area contributed by atoms with Gasteiger partial charge < -0.3 is 14.7 Å². The number of hydrogen-bond acceptors (Lipinski definition) is 4. The molecule has 5 nitrogen and oxygen atoms in total. The molecule has 1 fully saturated rings. The monoisotopic (exact) mass is 300 g/mol. The molecule has 0 aliphatic carbocycles. The summed E-state index contributed by atoms with van der Waals surface area (Å²) in [5.74, 6) is 0.315. The van der Waals surface area contributed by atoms with E-state index in [4.69, 9.17) is 0 Å². The van der Waals surface area contributed by atoms with Crippen LogP contribution in [0.5, 0.6) is 0 Å². The molecule has 0 radical (unpaired) electrons. The Morgan fingerprint density at radius 2 is 1.57 bits per heavy atom. The van der Waals surface area contributed by atoms with Gasteiger partial charge in [-0.1, -0.05) is 6.92 Å². The van der Waals surface area contributed by atoms with Crippen molar-refractivity contribution in [2.75, 3.05) is 61.9 Å². The van der Waals surface area contributed by atoms with Gasteiger partial charge in [-0.3, -0.25) is 9.69 Å². The summed E-state index contributed by atoms with van der Waals surface area (Å²) < 4.78 is 0. The zero-order valence-electron chi connectivity index (χ0n) is 15.2. The van der Waals surface area contributed by atoms with Crippen LogP contribution in [0.3, 0.4) is 0 Å². The Kier molecular flexibility index (Phi) is 10.6. The van der Waals surface area contributed by atoms with Crippen LogP contribution in [0.2, 0.25) is 0 Å². The normalized spacial score (nSPS) is 16.7. The van der Waals surface area contributed by atoms with Gasteiger partial charge in [0.05, 0.1) is 6.17 Å². The van der Waals surface area contributed by atoms with E-state index in [0.29, 0.717) is 12.1 Å². The highest BCUT2D eigenvalue weighted by molar-refractivity contribution is 5.78. The van der Waals surface area contributed by atoms with Crippen LogP contribution in [0.15, 0.2) is 0 Å². The lowest BCUT2D eigenvalue weighted by Crippen LogP contribution is -2.45. The van der Waals surface area contributed by atoms with Gasteiger partial charge in [0.25, 0.3) is 0 Å². The fourth-order valence-electron chi connectivity index (χ4n) is 2.55. The van der Waals surface area contributed by atoms with Crippen LogP contribution < -0.4 is 0 Å². The molecule has 0 N–H and O–H groups in total. The van der Waals surface area contributed by atoms with Crippen LogP contribution in [0.25, 0.3) is 0 Å². The molecule has 0 aromatic heterocycles. The van der Waals surface area contributed by atoms with Crippen LogP contribution >= 0.6 is 0 Å². The average Bonchev–Trinajstić information content (AvgIpc) is 2.76. The van der Waals surface area contributed by atoms with Crippen molar-refractivity contribution in [3.63, 3.8) is 0 Å². The summed E-state index contributed by atoms with van der Waals surface area (Å²) in [5.41, 5.74) is 0. The number of carbonyl (C=O) groups is 1. The molecular weight excluding hydrogens is 264 g/mol. The van der Waals surface area contributed by atoms with Gasteiger partial charge in [-0.15, -0.1) is 0 Å². The second-order valence-corrected chi connectivity index (χ2v) is 6.50. The summed E-state index contributed by atoms with van der Waals surface area (Å²) in [6.07, 6.45) is 4.35. The summed E-state index contributed by atoms with van der Waals surface area (Å²) in [5, 5.41) is 0. The lowest BCUT2D eigenvalue weighted by Gasteiger charge is -2.32. The molecule has 126 valence electrons. The predicted octanol–water partition coefficient (Wildman–Crippen LogP) is 1.41. The minimum absolute atomic E-state index is 0.306. The summed E-state index contributed by atoms with van der Waals surface area (Å²) in [6.45, 7) is 5.45. The number of nitrogens with zero attached hydrogens (tertiary/aromatic N) is 4. The Bertz CT molecular complexity index is 271. The molecule has 0 saturated carbocycles. The molecule has 1 amide bonds. The maximum atomic E-state index is 11.4. The van der Waals surface area contributed by atoms with Gasteiger partial charge in [-0.25, -0.2) is 0 Å². The highest BCUT2D eigenvalue weighted by Crippen LogP contribution is 2.16. The molecule has 1 saturated heterocycles. The van der Waals surface area contributed by atoms with Gasteiger partial charge in [0.1, 0.15) is 0 Å². The Morgan fingerprint density at radius 3 is 1.86 bits per heavy atom. The lowest BCUT2D eigenvalue weighted by atomic mass is 10.3. The van der Waals surface area contributed by atoms with E-state index in [2.05, 4.69) is 49.8 Å². The zero-order chi connectivity index (χ0) is 16.4. The van der Waals surface area contributed by atoms with Crippen molar-refractivity contribution in [2.45, 2.75) is 38.8 Å². The Labute approximate surface area is 131 Å². The summed E-state index contributed by atoms with van der Waals surface area (Å²) in [6, 6.07) is 0. The predicted molar refractivity (Wildman–Crippen MR) is 90.4 cm³/mol. The zero-order valence-corrected chi connectivity index (χ0v) is 15.2. The van der Waals surface area contributed by atoms with E-state index < -0.39 is 0 Å². The van der Waals surface area contributed by atoms with Crippen molar-refractivity contribution < 1.29 is 4.79 Å². The fourth-order valence-corrected chi connectivity index (χ4v) is 2.55. The van der Waals surface area contributed by atoms with Crippen molar-refractivity contribution in [1.29, 1.82) is 0 Å². The first-order chi connectivity index (χ1) is 9.79. The Hall–Kier alpha value is -0.650. The molecule has 5 heteroatoms. The van der Waals surface area contributed by atoms with E-state index >= 15 is 0 Å². The second kappa shape index (κ2) is 11.0. The van der Waals surface area contributed by atoms with Crippen molar-refractivity contribution in [3.05, 3.63) is 0 Å². The first-order valence-corrected chi connectivity index (χ1v) is 8.05. The number of hydrogen-bond donors (Lipinski definition) is 0. The molecule has 1 atom stereocenters. The molecule has 21 heavy (non-hydrogen) atoms. The van der Waals surface area contributed by atoms with E-state index in [1.54, 1.807) is 0 Å². The quantitative estimate of drug-likeness (QED) is 0.711. The summed E-state index contributed by atoms with van der Waals surface area (Å²) in [7, 11) is 12.5. The fraction of sp³-hybridized carbons (Fsp3) is 0.938. The number of amides is 1. The Balaban J connectivity index is 0.000000400. The number of rotatable bonds is 7. The van der Waals surface area contributed by atoms with E-state index in [0.717, 1.165) is 25.8 Å². The van der Waals surface area contributed by atoms with Gasteiger partial charge in [-0.05, 0) is 74.6 Å². The summed E-state index contributed by atoms with van der Waals surface area (Å²) >= 11 is 0. The van der Waals surface area contributed by atoms with Crippen LogP contribution in [0.4, 0.5) is 0 Å². The largest absolute Gasteiger partial charge is 0.327 e. The van der Waals surface area contributed by atoms with Crippen LogP contribution in [-0.2, 0) is 4.79 Å². The summed E-state index contributed by atoms with van der Waals surface area (Å²) in [4.78, 5) is 19.9. The molecule has 0 spiro atoms. The second-order valence-electron chi connectivity index (χ2n) is 6.50. The molecule has 1 aliphatic rings. The van der Waals surface area contributed by atoms with Crippen molar-refractivity contribution in [3.8, 4) is 0 Å². The van der Waals surface area contributed by atoms with Crippen LogP contribution in [-0.4, -0.2) is 93.6 Å². The number of carbonyl (C=O) groups excluding carboxylic acids is 1. The maximum Gasteiger partial charge on any atom is 0.223 e. The first kappa shape index (κ1) is 20.3. The van der Waals surface area contributed by atoms with Crippen LogP contribution in [0, 0.1) is 0 Å². The molecule has 0 aromatic carbocycles. The molecule has 1 heterocycles. The topological polar surface area (TPSA) is 30.0 Å². The highest BCUT2D eigenvalue weighted by atomic mass is 16.2. The highest BCUT2D eigenvalue weighted by Gasteiger charge is 2.27. The Morgan fingerprint density at radius 1 is 1.05 bits per heavy atom. The van der Waals surface area contributed by atoms with Gasteiger partial charge in [-0.2, -0.15) is 0 Å². The molecule has 1 rings (SSSR count). The molecular formula is C16H36N4O. The third-order valence-corrected chi connectivity index (χ3v) is 3.64. The van der Waals surface area contributed by atoms with Crippen molar-refractivity contribution in [2.24, 2.45) is 0 Å². The van der Waals surface area contributed by atoms with Gasteiger partial charge in [0.15, 0.2) is 0 Å². The SMILES string of the molecule is CCC(N(C)C)N1CCCC1=O.CN(C)CCCN(C)C. The molecule has 1 unspecified atom stereocenters. The minimum atomic E-state index is 0.306. The van der Waals surface area contributed by atoms with E-state index in [1.807, 2.05) is 19.0 Å². The molecule has 0 bridgehead atoms. The molecule has 0 aromatic rings. The smallest absolute Gasteiger partial charge is 0.223 e. The standard InChI is InChI=1S/C9H18N2O.C7H18N2/c1-4-8(10(2)3)11-7-5-6-9(11)12;1-8(2)6-5-7-9(3)4/h8H,4-7H2,1-3H3;5-7H2,1-4H3. The van der Waals surface area contributed by atoms with E-state index in [1.165, 1.54) is 19.5 Å². The number of likely N-dealkylation sites (tertiary alicyclic amines) is 1. The van der Waals surface area contributed by atoms with Crippen molar-refractivity contribution in [1.82, 2.24) is 19.6 Å². The molecule has 1 aliphatic heterocycles. The lowest BCUT2D eigenvalue weighted by molar-refractivity contribution is -0.132. The van der Waals surface area contributed by atoms with Gasteiger partial charge in [0, 0.05) is 13.0 Å². The van der Waals surface area contributed by atoms with E-state index in [9.17, 15) is 4.79 Å². The van der Waals surface area contributed by atoms with Crippen molar-refractivity contribution >= 4 is 5.91 Å². The van der Waals surface area contributed by atoms with Gasteiger partial charge >= 0.3 is 0 Å².